The van der Waals surface area contributed by atoms with Gasteiger partial charge in [0.05, 0.1) is 9.68 Å². The van der Waals surface area contributed by atoms with Gasteiger partial charge in [-0.2, -0.15) is 0 Å². The normalized spacial score (nSPS) is 10.8. The van der Waals surface area contributed by atoms with Crippen LogP contribution in [0.2, 0.25) is 6.04 Å². The molecule has 0 amide bonds. The average molecular weight is 89.2 g/mol. The summed E-state index contributed by atoms with van der Waals surface area (Å²) in [4.78, 5) is 0. The summed E-state index contributed by atoms with van der Waals surface area (Å²) in [6.07, 6.45) is 1.28. The maximum Gasteiger partial charge on any atom is 0.0887 e. The van der Waals surface area contributed by atoms with E-state index in [1.54, 1.807) is 0 Å². The van der Waals surface area contributed by atoms with Crippen LogP contribution in [0.4, 0.5) is 0 Å². The fourth-order valence-corrected chi connectivity index (χ4v) is 0.612. The van der Waals surface area contributed by atoms with Gasteiger partial charge in [-0.3, -0.25) is 0 Å². The zero-order valence-electron chi connectivity index (χ0n) is 3.70. The van der Waals surface area contributed by atoms with Gasteiger partial charge in [0.15, 0.2) is 0 Å². The Hall–Kier alpha value is 0.177. The highest BCUT2D eigenvalue weighted by Crippen LogP contribution is 1.77. The lowest BCUT2D eigenvalue weighted by atomic mass is 10.6. The van der Waals surface area contributed by atoms with Crippen LogP contribution in [0.1, 0.15) is 13.3 Å². The summed E-state index contributed by atoms with van der Waals surface area (Å²) >= 11 is 0. The molecule has 0 rings (SSSR count). The van der Waals surface area contributed by atoms with Crippen LogP contribution >= 0.6 is 0 Å². The lowest BCUT2D eigenvalue weighted by Crippen LogP contribution is -2.01. The third kappa shape index (κ3) is 4.18. The molecule has 5 heavy (non-hydrogen) atoms. The molecule has 0 aliphatic heterocycles. The Morgan fingerprint density at radius 1 is 1.80 bits per heavy atom. The summed E-state index contributed by atoms with van der Waals surface area (Å²) in [5, 5.41) is 5.28. The van der Waals surface area contributed by atoms with Crippen molar-refractivity contribution < 1.29 is 0 Å². The quantitative estimate of drug-likeness (QED) is 0.468. The second-order valence-electron chi connectivity index (χ2n) is 1.14. The second kappa shape index (κ2) is 4.18. The van der Waals surface area contributed by atoms with Crippen molar-refractivity contribution in [1.29, 1.82) is 0 Å². The Bertz CT molecular complexity index is 14.4. The third-order valence-corrected chi connectivity index (χ3v) is 1.67. The zero-order valence-corrected chi connectivity index (χ0v) is 5.11. The lowest BCUT2D eigenvalue weighted by Gasteiger charge is -1.78. The van der Waals surface area contributed by atoms with Gasteiger partial charge in [0.1, 0.15) is 0 Å². The fraction of sp³-hybridized carbons (Fsp3) is 1.00. The minimum Gasteiger partial charge on any atom is -0.356 e. The van der Waals surface area contributed by atoms with E-state index in [1.165, 1.54) is 12.5 Å². The van der Waals surface area contributed by atoms with Crippen molar-refractivity contribution in [2.45, 2.75) is 19.4 Å². The number of nitrogens with two attached hydrogens (primary N) is 1. The SMILES string of the molecule is CCC[SiH2]N. The average Bonchev–Trinajstić information content (AvgIpc) is 1.41. The van der Waals surface area contributed by atoms with Crippen LogP contribution in [-0.2, 0) is 0 Å². The van der Waals surface area contributed by atoms with Crippen molar-refractivity contribution in [1.82, 2.24) is 0 Å². The van der Waals surface area contributed by atoms with E-state index in [0.29, 0.717) is 0 Å². The van der Waals surface area contributed by atoms with Crippen LogP contribution in [-0.4, -0.2) is 9.68 Å². The lowest BCUT2D eigenvalue weighted by molar-refractivity contribution is 1.07. The van der Waals surface area contributed by atoms with E-state index >= 15 is 0 Å². The predicted octanol–water partition coefficient (Wildman–Crippen LogP) is -0.143. The number of rotatable bonds is 2. The molecule has 0 spiro atoms. The van der Waals surface area contributed by atoms with E-state index in [9.17, 15) is 0 Å². The minimum absolute atomic E-state index is 0.0860. The molecule has 0 aromatic heterocycles. The molecule has 2 N–H and O–H groups in total. The molecule has 0 saturated heterocycles. The second-order valence-corrected chi connectivity index (χ2v) is 2.43. The van der Waals surface area contributed by atoms with Crippen LogP contribution < -0.4 is 5.40 Å². The van der Waals surface area contributed by atoms with Crippen molar-refractivity contribution >= 4 is 9.68 Å². The summed E-state index contributed by atoms with van der Waals surface area (Å²) in [5.41, 5.74) is 0. The Balaban J connectivity index is 2.19. The van der Waals surface area contributed by atoms with Gasteiger partial charge in [0.25, 0.3) is 0 Å². The monoisotopic (exact) mass is 89.1 g/mol. The van der Waals surface area contributed by atoms with Crippen molar-refractivity contribution in [3.63, 3.8) is 0 Å². The topological polar surface area (TPSA) is 26.0 Å². The Morgan fingerprint density at radius 3 is 2.40 bits per heavy atom. The molecule has 0 fully saturated rings. The molecule has 0 saturated carbocycles. The molecule has 0 atom stereocenters. The third-order valence-electron chi connectivity index (χ3n) is 0.558. The fourth-order valence-electron chi connectivity index (χ4n) is 0.204. The first-order chi connectivity index (χ1) is 2.41. The molecule has 0 bridgehead atoms. The summed E-state index contributed by atoms with van der Waals surface area (Å²) in [7, 11) is -0.0860. The van der Waals surface area contributed by atoms with Gasteiger partial charge in [-0.05, 0) is 0 Å². The first-order valence-electron chi connectivity index (χ1n) is 2.12. The Labute approximate surface area is 35.5 Å². The van der Waals surface area contributed by atoms with Gasteiger partial charge < -0.3 is 5.40 Å². The number of hydrogen-bond donors (Lipinski definition) is 1. The van der Waals surface area contributed by atoms with Crippen LogP contribution in [0.15, 0.2) is 0 Å². The maximum atomic E-state index is 5.28. The van der Waals surface area contributed by atoms with Gasteiger partial charge in [-0.25, -0.2) is 0 Å². The molecule has 0 aromatic rings. The van der Waals surface area contributed by atoms with Crippen molar-refractivity contribution in [2.24, 2.45) is 5.40 Å². The van der Waals surface area contributed by atoms with Crippen LogP contribution in [0, 0.1) is 0 Å². The molecule has 0 aromatic carbocycles. The Morgan fingerprint density at radius 2 is 2.40 bits per heavy atom. The standard InChI is InChI=1S/C3H11NSi/c1-2-3-5-4/h2-5H2,1H3. The first-order valence-corrected chi connectivity index (χ1v) is 3.93. The molecule has 0 radical (unpaired) electrons. The van der Waals surface area contributed by atoms with Gasteiger partial charge in [0.2, 0.25) is 0 Å². The maximum absolute atomic E-state index is 5.28. The van der Waals surface area contributed by atoms with Gasteiger partial charge in [0, 0.05) is 0 Å². The molecule has 0 aliphatic rings. The van der Waals surface area contributed by atoms with E-state index in [4.69, 9.17) is 5.40 Å². The van der Waals surface area contributed by atoms with Crippen molar-refractivity contribution in [2.75, 3.05) is 0 Å². The summed E-state index contributed by atoms with van der Waals surface area (Å²) < 4.78 is 0. The molecular formula is C3H11NSi. The van der Waals surface area contributed by atoms with Crippen molar-refractivity contribution in [3.8, 4) is 0 Å². The van der Waals surface area contributed by atoms with E-state index in [0.717, 1.165) is 0 Å². The highest BCUT2D eigenvalue weighted by molar-refractivity contribution is 6.30. The highest BCUT2D eigenvalue weighted by atomic mass is 28.2. The zero-order chi connectivity index (χ0) is 4.12. The largest absolute Gasteiger partial charge is 0.356 e. The smallest absolute Gasteiger partial charge is 0.0887 e. The van der Waals surface area contributed by atoms with Crippen LogP contribution in [0.3, 0.4) is 0 Å². The Kier molecular flexibility index (Phi) is 4.32. The summed E-state index contributed by atoms with van der Waals surface area (Å²) in [6, 6.07) is 1.31. The molecule has 0 unspecified atom stereocenters. The van der Waals surface area contributed by atoms with E-state index in [1.807, 2.05) is 0 Å². The van der Waals surface area contributed by atoms with Crippen LogP contribution in [0.5, 0.6) is 0 Å². The molecule has 0 heterocycles. The predicted molar refractivity (Wildman–Crippen MR) is 27.8 cm³/mol. The van der Waals surface area contributed by atoms with E-state index < -0.39 is 0 Å². The minimum atomic E-state index is -0.0860. The van der Waals surface area contributed by atoms with Crippen LogP contribution in [0.25, 0.3) is 0 Å². The van der Waals surface area contributed by atoms with Gasteiger partial charge >= 0.3 is 0 Å². The van der Waals surface area contributed by atoms with E-state index in [2.05, 4.69) is 6.92 Å². The molecule has 1 nitrogen and oxygen atoms in total. The molecular weight excluding hydrogens is 78.1 g/mol. The molecule has 32 valence electrons. The summed E-state index contributed by atoms with van der Waals surface area (Å²) in [5.74, 6) is 0. The van der Waals surface area contributed by atoms with E-state index in [-0.39, 0.29) is 9.68 Å². The highest BCUT2D eigenvalue weighted by Gasteiger charge is 1.69. The molecule has 0 aliphatic carbocycles. The summed E-state index contributed by atoms with van der Waals surface area (Å²) in [6.45, 7) is 2.17. The van der Waals surface area contributed by atoms with Crippen molar-refractivity contribution in [3.05, 3.63) is 0 Å². The van der Waals surface area contributed by atoms with Gasteiger partial charge in [-0.15, -0.1) is 0 Å². The first kappa shape index (κ1) is 5.18. The van der Waals surface area contributed by atoms with Gasteiger partial charge in [-0.1, -0.05) is 19.4 Å². The molecule has 2 heteroatoms. The number of hydrogen-bond acceptors (Lipinski definition) is 1.